The summed E-state index contributed by atoms with van der Waals surface area (Å²) in [5.74, 6) is 0.0369. The van der Waals surface area contributed by atoms with Crippen molar-refractivity contribution in [1.29, 1.82) is 0 Å². The van der Waals surface area contributed by atoms with Crippen molar-refractivity contribution in [3.8, 4) is 0 Å². The SMILES string of the molecule is CC(=O)N(C)c1cccc(CCN)c1. The molecule has 0 saturated heterocycles. The van der Waals surface area contributed by atoms with Crippen molar-refractivity contribution in [2.75, 3.05) is 18.5 Å². The Kier molecular flexibility index (Phi) is 3.65. The molecule has 3 nitrogen and oxygen atoms in total. The number of amides is 1. The molecule has 1 rings (SSSR count). The molecule has 1 aromatic rings. The van der Waals surface area contributed by atoms with Gasteiger partial charge < -0.3 is 10.6 Å². The van der Waals surface area contributed by atoms with Gasteiger partial charge in [-0.2, -0.15) is 0 Å². The molecule has 0 aliphatic heterocycles. The lowest BCUT2D eigenvalue weighted by Gasteiger charge is -2.15. The lowest BCUT2D eigenvalue weighted by Crippen LogP contribution is -2.22. The average molecular weight is 192 g/mol. The molecule has 3 heteroatoms. The van der Waals surface area contributed by atoms with Gasteiger partial charge in [-0.15, -0.1) is 0 Å². The van der Waals surface area contributed by atoms with E-state index in [1.165, 1.54) is 0 Å². The molecule has 2 N–H and O–H groups in total. The molecule has 0 saturated carbocycles. The summed E-state index contributed by atoms with van der Waals surface area (Å²) in [7, 11) is 1.77. The topological polar surface area (TPSA) is 46.3 Å². The lowest BCUT2D eigenvalue weighted by molar-refractivity contribution is -0.116. The molecular formula is C11H16N2O. The van der Waals surface area contributed by atoms with Crippen molar-refractivity contribution in [1.82, 2.24) is 0 Å². The Balaban J connectivity index is 2.87. The van der Waals surface area contributed by atoms with Crippen molar-refractivity contribution < 1.29 is 4.79 Å². The maximum Gasteiger partial charge on any atom is 0.223 e. The summed E-state index contributed by atoms with van der Waals surface area (Å²) in [6.45, 7) is 2.18. The molecular weight excluding hydrogens is 176 g/mol. The van der Waals surface area contributed by atoms with Crippen LogP contribution >= 0.6 is 0 Å². The van der Waals surface area contributed by atoms with Crippen LogP contribution in [0, 0.1) is 0 Å². The molecule has 0 heterocycles. The van der Waals surface area contributed by atoms with E-state index in [0.717, 1.165) is 17.7 Å². The van der Waals surface area contributed by atoms with E-state index < -0.39 is 0 Å². The quantitative estimate of drug-likeness (QED) is 0.781. The third-order valence-corrected chi connectivity index (χ3v) is 2.20. The Morgan fingerprint density at radius 2 is 2.21 bits per heavy atom. The largest absolute Gasteiger partial charge is 0.330 e. The molecule has 0 bridgehead atoms. The van der Waals surface area contributed by atoms with Gasteiger partial charge in [-0.1, -0.05) is 12.1 Å². The van der Waals surface area contributed by atoms with Gasteiger partial charge in [0, 0.05) is 19.7 Å². The lowest BCUT2D eigenvalue weighted by atomic mass is 10.1. The van der Waals surface area contributed by atoms with Gasteiger partial charge in [0.15, 0.2) is 0 Å². The highest BCUT2D eigenvalue weighted by atomic mass is 16.2. The number of benzene rings is 1. The summed E-state index contributed by atoms with van der Waals surface area (Å²) >= 11 is 0. The van der Waals surface area contributed by atoms with Gasteiger partial charge in [0.1, 0.15) is 0 Å². The number of hydrogen-bond donors (Lipinski definition) is 1. The summed E-state index contributed by atoms with van der Waals surface area (Å²) in [5, 5.41) is 0. The van der Waals surface area contributed by atoms with Crippen LogP contribution in [0.3, 0.4) is 0 Å². The van der Waals surface area contributed by atoms with E-state index in [0.29, 0.717) is 6.54 Å². The maximum atomic E-state index is 11.1. The maximum absolute atomic E-state index is 11.1. The fourth-order valence-electron chi connectivity index (χ4n) is 1.27. The van der Waals surface area contributed by atoms with Gasteiger partial charge >= 0.3 is 0 Å². The molecule has 76 valence electrons. The average Bonchev–Trinajstić information content (AvgIpc) is 2.17. The van der Waals surface area contributed by atoms with Crippen LogP contribution in [0.5, 0.6) is 0 Å². The Labute approximate surface area is 84.5 Å². The van der Waals surface area contributed by atoms with Crippen LogP contribution in [0.25, 0.3) is 0 Å². The van der Waals surface area contributed by atoms with E-state index in [4.69, 9.17) is 5.73 Å². The van der Waals surface area contributed by atoms with Crippen LogP contribution in [-0.2, 0) is 11.2 Å². The van der Waals surface area contributed by atoms with E-state index >= 15 is 0 Å². The number of carbonyl (C=O) groups excluding carboxylic acids is 1. The standard InChI is InChI=1S/C11H16N2O/c1-9(14)13(2)11-5-3-4-10(8-11)6-7-12/h3-5,8H,6-7,12H2,1-2H3. The van der Waals surface area contributed by atoms with E-state index in [-0.39, 0.29) is 5.91 Å². The number of carbonyl (C=O) groups is 1. The second-order valence-electron chi connectivity index (χ2n) is 3.29. The second kappa shape index (κ2) is 4.77. The number of nitrogens with two attached hydrogens (primary N) is 1. The van der Waals surface area contributed by atoms with Crippen molar-refractivity contribution in [3.63, 3.8) is 0 Å². The molecule has 0 aromatic heterocycles. The fourth-order valence-corrected chi connectivity index (χ4v) is 1.27. The minimum absolute atomic E-state index is 0.0369. The molecule has 1 amide bonds. The molecule has 0 unspecified atom stereocenters. The first-order valence-electron chi connectivity index (χ1n) is 4.68. The van der Waals surface area contributed by atoms with Crippen LogP contribution in [0.4, 0.5) is 5.69 Å². The fraction of sp³-hybridized carbons (Fsp3) is 0.364. The van der Waals surface area contributed by atoms with Gasteiger partial charge in [-0.05, 0) is 30.7 Å². The first-order valence-corrected chi connectivity index (χ1v) is 4.68. The monoisotopic (exact) mass is 192 g/mol. The van der Waals surface area contributed by atoms with Gasteiger partial charge in [0.25, 0.3) is 0 Å². The summed E-state index contributed by atoms with van der Waals surface area (Å²) in [4.78, 5) is 12.7. The first-order chi connectivity index (χ1) is 6.65. The summed E-state index contributed by atoms with van der Waals surface area (Å²) < 4.78 is 0. The van der Waals surface area contributed by atoms with Gasteiger partial charge in [0.2, 0.25) is 5.91 Å². The smallest absolute Gasteiger partial charge is 0.223 e. The van der Waals surface area contributed by atoms with Crippen LogP contribution in [0.1, 0.15) is 12.5 Å². The normalized spacial score (nSPS) is 9.93. The summed E-state index contributed by atoms with van der Waals surface area (Å²) in [6, 6.07) is 7.87. The van der Waals surface area contributed by atoms with Crippen molar-refractivity contribution in [3.05, 3.63) is 29.8 Å². The Morgan fingerprint density at radius 3 is 2.79 bits per heavy atom. The molecule has 0 spiro atoms. The van der Waals surface area contributed by atoms with E-state index in [9.17, 15) is 4.79 Å². The second-order valence-corrected chi connectivity index (χ2v) is 3.29. The molecule has 0 radical (unpaired) electrons. The molecule has 0 aliphatic rings. The van der Waals surface area contributed by atoms with Crippen molar-refractivity contribution >= 4 is 11.6 Å². The molecule has 14 heavy (non-hydrogen) atoms. The van der Waals surface area contributed by atoms with Gasteiger partial charge in [0.05, 0.1) is 0 Å². The summed E-state index contributed by atoms with van der Waals surface area (Å²) in [6.07, 6.45) is 0.847. The first kappa shape index (κ1) is 10.7. The number of hydrogen-bond acceptors (Lipinski definition) is 2. The number of rotatable bonds is 3. The molecule has 0 atom stereocenters. The Morgan fingerprint density at radius 1 is 1.50 bits per heavy atom. The Bertz CT molecular complexity index is 323. The zero-order valence-electron chi connectivity index (χ0n) is 8.66. The van der Waals surface area contributed by atoms with Crippen LogP contribution in [-0.4, -0.2) is 19.5 Å². The van der Waals surface area contributed by atoms with Crippen LogP contribution in [0.15, 0.2) is 24.3 Å². The molecule has 0 fully saturated rings. The highest BCUT2D eigenvalue weighted by Crippen LogP contribution is 2.14. The highest BCUT2D eigenvalue weighted by Gasteiger charge is 2.04. The predicted molar refractivity (Wildman–Crippen MR) is 58.3 cm³/mol. The van der Waals surface area contributed by atoms with E-state index in [1.54, 1.807) is 18.9 Å². The predicted octanol–water partition coefficient (Wildman–Crippen LogP) is 1.17. The van der Waals surface area contributed by atoms with Crippen molar-refractivity contribution in [2.45, 2.75) is 13.3 Å². The van der Waals surface area contributed by atoms with E-state index in [1.807, 2.05) is 24.3 Å². The van der Waals surface area contributed by atoms with Crippen LogP contribution in [0.2, 0.25) is 0 Å². The molecule has 0 aliphatic carbocycles. The highest BCUT2D eigenvalue weighted by molar-refractivity contribution is 5.90. The number of nitrogens with zero attached hydrogens (tertiary/aromatic N) is 1. The minimum atomic E-state index is 0.0369. The third kappa shape index (κ3) is 2.57. The minimum Gasteiger partial charge on any atom is -0.330 e. The van der Waals surface area contributed by atoms with Crippen molar-refractivity contribution in [2.24, 2.45) is 5.73 Å². The number of anilines is 1. The van der Waals surface area contributed by atoms with Gasteiger partial charge in [-0.25, -0.2) is 0 Å². The zero-order valence-corrected chi connectivity index (χ0v) is 8.66. The zero-order chi connectivity index (χ0) is 10.6. The third-order valence-electron chi connectivity index (χ3n) is 2.20. The van der Waals surface area contributed by atoms with Gasteiger partial charge in [-0.3, -0.25) is 4.79 Å². The van der Waals surface area contributed by atoms with E-state index in [2.05, 4.69) is 0 Å². The molecule has 1 aromatic carbocycles. The Hall–Kier alpha value is -1.35. The van der Waals surface area contributed by atoms with Crippen LogP contribution < -0.4 is 10.6 Å². The summed E-state index contributed by atoms with van der Waals surface area (Å²) in [5.41, 5.74) is 7.55.